The summed E-state index contributed by atoms with van der Waals surface area (Å²) in [5, 5.41) is 5.86. The number of fused-ring (bicyclic) bond motifs is 2. The van der Waals surface area contributed by atoms with Crippen LogP contribution in [-0.2, 0) is 6.42 Å². The monoisotopic (exact) mass is 400 g/mol. The van der Waals surface area contributed by atoms with Gasteiger partial charge in [0.15, 0.2) is 0 Å². The number of H-pyrrole nitrogens is 1. The van der Waals surface area contributed by atoms with E-state index in [1.807, 2.05) is 13.0 Å². The Morgan fingerprint density at radius 2 is 2.12 bits per heavy atom. The van der Waals surface area contributed by atoms with Gasteiger partial charge in [-0.15, -0.1) is 11.3 Å². The molecule has 3 aromatic heterocycles. The van der Waals surface area contributed by atoms with Crippen LogP contribution in [0, 0.1) is 13.8 Å². The lowest BCUT2D eigenvalue weighted by Gasteiger charge is -2.07. The Hall–Kier alpha value is -1.92. The molecule has 4 nitrogen and oxygen atoms in total. The maximum atomic E-state index is 4.58. The van der Waals surface area contributed by atoms with Crippen molar-refractivity contribution in [2.75, 3.05) is 11.9 Å². The second-order valence-electron chi connectivity index (χ2n) is 5.85. The van der Waals surface area contributed by atoms with Crippen LogP contribution in [0.15, 0.2) is 34.9 Å². The molecule has 122 valence electrons. The second-order valence-corrected chi connectivity index (χ2v) is 7.94. The summed E-state index contributed by atoms with van der Waals surface area (Å²) in [5.74, 6) is 1.74. The van der Waals surface area contributed by atoms with Crippen molar-refractivity contribution in [3.05, 3.63) is 51.2 Å². The van der Waals surface area contributed by atoms with Gasteiger partial charge in [0.1, 0.15) is 16.5 Å². The van der Waals surface area contributed by atoms with Crippen molar-refractivity contribution in [3.63, 3.8) is 0 Å². The van der Waals surface area contributed by atoms with E-state index in [9.17, 15) is 0 Å². The highest BCUT2D eigenvalue weighted by molar-refractivity contribution is 9.10. The molecule has 0 saturated carbocycles. The molecule has 0 spiro atoms. The number of aromatic amines is 1. The highest BCUT2D eigenvalue weighted by Gasteiger charge is 2.10. The van der Waals surface area contributed by atoms with Gasteiger partial charge in [0, 0.05) is 33.0 Å². The highest BCUT2D eigenvalue weighted by atomic mass is 79.9. The van der Waals surface area contributed by atoms with Crippen LogP contribution in [0.25, 0.3) is 21.1 Å². The maximum absolute atomic E-state index is 4.58. The second kappa shape index (κ2) is 6.18. The number of hydrogen-bond acceptors (Lipinski definition) is 4. The predicted molar refractivity (Wildman–Crippen MR) is 105 cm³/mol. The van der Waals surface area contributed by atoms with Crippen LogP contribution in [0.5, 0.6) is 0 Å². The fourth-order valence-electron chi connectivity index (χ4n) is 3.00. The van der Waals surface area contributed by atoms with E-state index in [2.05, 4.69) is 67.5 Å². The van der Waals surface area contributed by atoms with Crippen molar-refractivity contribution in [3.8, 4) is 0 Å². The maximum Gasteiger partial charge on any atom is 0.138 e. The van der Waals surface area contributed by atoms with Gasteiger partial charge >= 0.3 is 0 Å². The molecule has 0 saturated heterocycles. The summed E-state index contributed by atoms with van der Waals surface area (Å²) in [5.41, 5.74) is 2.46. The molecule has 3 heterocycles. The van der Waals surface area contributed by atoms with Crippen LogP contribution in [0.3, 0.4) is 0 Å². The van der Waals surface area contributed by atoms with Gasteiger partial charge in [-0.1, -0.05) is 22.0 Å². The highest BCUT2D eigenvalue weighted by Crippen LogP contribution is 2.29. The molecule has 0 bridgehead atoms. The van der Waals surface area contributed by atoms with E-state index in [0.717, 1.165) is 44.8 Å². The summed E-state index contributed by atoms with van der Waals surface area (Å²) in [7, 11) is 0. The van der Waals surface area contributed by atoms with Gasteiger partial charge in [-0.3, -0.25) is 0 Å². The van der Waals surface area contributed by atoms with E-state index < -0.39 is 0 Å². The van der Waals surface area contributed by atoms with Crippen LogP contribution < -0.4 is 5.32 Å². The summed E-state index contributed by atoms with van der Waals surface area (Å²) < 4.78 is 1.13. The standard InChI is InChI=1S/C18H17BrN4S/c1-10-8-13-17(22-11(2)23-18(13)24-10)20-7-6-12-9-21-15-5-3-4-14(19)16(12)15/h3-5,8-9,21H,6-7H2,1-2H3,(H,20,22,23). The van der Waals surface area contributed by atoms with Crippen LogP contribution >= 0.6 is 27.3 Å². The molecule has 6 heteroatoms. The van der Waals surface area contributed by atoms with Crippen molar-refractivity contribution in [2.45, 2.75) is 20.3 Å². The minimum atomic E-state index is 0.807. The third-order valence-corrected chi connectivity index (χ3v) is 5.66. The quantitative estimate of drug-likeness (QED) is 0.494. The minimum absolute atomic E-state index is 0.807. The Kier molecular flexibility index (Phi) is 4.02. The molecule has 0 radical (unpaired) electrons. The van der Waals surface area contributed by atoms with Gasteiger partial charge in [-0.2, -0.15) is 0 Å². The van der Waals surface area contributed by atoms with Gasteiger partial charge in [0.05, 0.1) is 5.39 Å². The molecule has 0 aliphatic heterocycles. The molecule has 4 aromatic rings. The van der Waals surface area contributed by atoms with E-state index >= 15 is 0 Å². The molecule has 0 atom stereocenters. The van der Waals surface area contributed by atoms with Crippen LogP contribution in [-0.4, -0.2) is 21.5 Å². The van der Waals surface area contributed by atoms with Crippen molar-refractivity contribution in [1.29, 1.82) is 0 Å². The topological polar surface area (TPSA) is 53.6 Å². The summed E-state index contributed by atoms with van der Waals surface area (Å²) in [6.07, 6.45) is 3.02. The van der Waals surface area contributed by atoms with Crippen molar-refractivity contribution < 1.29 is 0 Å². The zero-order valence-electron chi connectivity index (χ0n) is 13.5. The summed E-state index contributed by atoms with van der Waals surface area (Å²) >= 11 is 5.36. The van der Waals surface area contributed by atoms with E-state index in [0.29, 0.717) is 0 Å². The van der Waals surface area contributed by atoms with E-state index in [1.165, 1.54) is 15.8 Å². The van der Waals surface area contributed by atoms with Crippen LogP contribution in [0.1, 0.15) is 16.3 Å². The number of rotatable bonds is 4. The number of aryl methyl sites for hydroxylation is 2. The van der Waals surface area contributed by atoms with Gasteiger partial charge in [0.25, 0.3) is 0 Å². The predicted octanol–water partition coefficient (Wildman–Crippen LogP) is 5.21. The number of hydrogen-bond donors (Lipinski definition) is 2. The molecular weight excluding hydrogens is 384 g/mol. The Bertz CT molecular complexity index is 1030. The minimum Gasteiger partial charge on any atom is -0.369 e. The fourth-order valence-corrected chi connectivity index (χ4v) is 4.55. The normalized spacial score (nSPS) is 11.5. The lowest BCUT2D eigenvalue weighted by molar-refractivity contribution is 1.00. The lowest BCUT2D eigenvalue weighted by atomic mass is 10.1. The Balaban J connectivity index is 1.57. The average molecular weight is 401 g/mol. The van der Waals surface area contributed by atoms with Crippen molar-refractivity contribution in [2.24, 2.45) is 0 Å². The van der Waals surface area contributed by atoms with Crippen LogP contribution in [0.4, 0.5) is 5.82 Å². The first-order valence-electron chi connectivity index (χ1n) is 7.85. The lowest BCUT2D eigenvalue weighted by Crippen LogP contribution is -2.07. The van der Waals surface area contributed by atoms with E-state index in [4.69, 9.17) is 0 Å². The zero-order chi connectivity index (χ0) is 16.7. The average Bonchev–Trinajstić information content (AvgIpc) is 3.11. The van der Waals surface area contributed by atoms with Gasteiger partial charge in [-0.05, 0) is 44.0 Å². The summed E-state index contributed by atoms with van der Waals surface area (Å²) in [6.45, 7) is 4.88. The number of halogens is 1. The third kappa shape index (κ3) is 2.80. The number of aromatic nitrogens is 3. The molecular formula is C18H17BrN4S. The molecule has 0 aliphatic carbocycles. The van der Waals surface area contributed by atoms with Crippen molar-refractivity contribution >= 4 is 54.2 Å². The van der Waals surface area contributed by atoms with E-state index in [1.54, 1.807) is 11.3 Å². The first kappa shape index (κ1) is 15.6. The first-order chi connectivity index (χ1) is 11.6. The number of nitrogens with one attached hydrogen (secondary N) is 2. The molecule has 24 heavy (non-hydrogen) atoms. The zero-order valence-corrected chi connectivity index (χ0v) is 15.9. The molecule has 0 unspecified atom stereocenters. The molecule has 0 aliphatic rings. The first-order valence-corrected chi connectivity index (χ1v) is 9.46. The van der Waals surface area contributed by atoms with Crippen LogP contribution in [0.2, 0.25) is 0 Å². The molecule has 4 rings (SSSR count). The Labute approximate surface area is 152 Å². The molecule has 2 N–H and O–H groups in total. The SMILES string of the molecule is Cc1nc(NCCc2c[nH]c3cccc(Br)c23)c2cc(C)sc2n1. The third-order valence-electron chi connectivity index (χ3n) is 4.05. The van der Waals surface area contributed by atoms with Gasteiger partial charge in [-0.25, -0.2) is 9.97 Å². The Morgan fingerprint density at radius 3 is 3.00 bits per heavy atom. The molecule has 0 fully saturated rings. The fraction of sp³-hybridized carbons (Fsp3) is 0.222. The number of nitrogens with zero attached hydrogens (tertiary/aromatic N) is 2. The Morgan fingerprint density at radius 1 is 1.25 bits per heavy atom. The van der Waals surface area contributed by atoms with E-state index in [-0.39, 0.29) is 0 Å². The summed E-state index contributed by atoms with van der Waals surface area (Å²) in [6, 6.07) is 8.38. The molecule has 0 amide bonds. The molecule has 1 aromatic carbocycles. The number of anilines is 1. The summed E-state index contributed by atoms with van der Waals surface area (Å²) in [4.78, 5) is 14.8. The van der Waals surface area contributed by atoms with Gasteiger partial charge < -0.3 is 10.3 Å². The van der Waals surface area contributed by atoms with Gasteiger partial charge in [0.2, 0.25) is 0 Å². The number of benzene rings is 1. The number of thiophene rings is 1. The van der Waals surface area contributed by atoms with Crippen molar-refractivity contribution in [1.82, 2.24) is 15.0 Å². The largest absolute Gasteiger partial charge is 0.369 e. The smallest absolute Gasteiger partial charge is 0.138 e.